The highest BCUT2D eigenvalue weighted by atomic mass is 19.4. The fourth-order valence-corrected chi connectivity index (χ4v) is 1.62. The topological polar surface area (TPSA) is 74.3 Å². The Morgan fingerprint density at radius 3 is 2.52 bits per heavy atom. The second-order valence-electron chi connectivity index (χ2n) is 4.79. The Hall–Kier alpha value is -2.60. The van der Waals surface area contributed by atoms with Crippen molar-refractivity contribution in [2.45, 2.75) is 25.3 Å². The molecule has 0 radical (unpaired) electrons. The maximum absolute atomic E-state index is 12.9. The molecule has 2 N–H and O–H groups in total. The Kier molecular flexibility index (Phi) is 5.04. The highest BCUT2D eigenvalue weighted by molar-refractivity contribution is 5.71. The average Bonchev–Trinajstić information content (AvgIpc) is 2.94. The number of nitrogens with one attached hydrogen (secondary N) is 1. The van der Waals surface area contributed by atoms with E-state index in [9.17, 15) is 26.7 Å². The number of hydrogen-bond acceptors (Lipinski definition) is 6. The van der Waals surface area contributed by atoms with E-state index in [1.165, 1.54) is 36.5 Å². The number of nitrogens with zero attached hydrogens (tertiary/aromatic N) is 2. The molecular weight excluding hydrogens is 357 g/mol. The number of ether oxygens (including phenoxy) is 1. The third-order valence-corrected chi connectivity index (χ3v) is 2.85. The van der Waals surface area contributed by atoms with Crippen molar-refractivity contribution >= 4 is 11.7 Å². The zero-order valence-electron chi connectivity index (χ0n) is 12.5. The van der Waals surface area contributed by atoms with E-state index in [-0.39, 0.29) is 5.69 Å². The first-order chi connectivity index (χ1) is 11.5. The van der Waals surface area contributed by atoms with Crippen LogP contribution in [0.2, 0.25) is 0 Å². The minimum atomic E-state index is -5.85. The summed E-state index contributed by atoms with van der Waals surface area (Å²) in [5, 5.41) is 10.9. The SMILES string of the molecule is CC(ON1C=CN(c2cccc(OC(F)(F)C(F)(F)F)c2)N1)C(=O)O. The van der Waals surface area contributed by atoms with Crippen LogP contribution in [0, 0.1) is 0 Å². The molecule has 0 bridgehead atoms. The Morgan fingerprint density at radius 1 is 1.24 bits per heavy atom. The molecule has 12 heteroatoms. The van der Waals surface area contributed by atoms with E-state index in [1.807, 2.05) is 0 Å². The predicted octanol–water partition coefficient (Wildman–Crippen LogP) is 2.64. The summed E-state index contributed by atoms with van der Waals surface area (Å²) in [6.07, 6.45) is -9.78. The van der Waals surface area contributed by atoms with Crippen LogP contribution in [-0.4, -0.2) is 34.6 Å². The number of halogens is 5. The maximum atomic E-state index is 12.9. The van der Waals surface area contributed by atoms with Gasteiger partial charge in [-0.25, -0.2) is 9.63 Å². The van der Waals surface area contributed by atoms with Crippen molar-refractivity contribution in [2.75, 3.05) is 5.01 Å². The van der Waals surface area contributed by atoms with Gasteiger partial charge in [-0.3, -0.25) is 5.01 Å². The minimum Gasteiger partial charge on any atom is -0.479 e. The molecule has 0 aromatic heterocycles. The fourth-order valence-electron chi connectivity index (χ4n) is 1.62. The summed E-state index contributed by atoms with van der Waals surface area (Å²) >= 11 is 0. The Labute approximate surface area is 137 Å². The van der Waals surface area contributed by atoms with Gasteiger partial charge >= 0.3 is 18.3 Å². The highest BCUT2D eigenvalue weighted by Crippen LogP contribution is 2.38. The number of alkyl halides is 5. The summed E-state index contributed by atoms with van der Waals surface area (Å²) in [6.45, 7) is 1.27. The van der Waals surface area contributed by atoms with Gasteiger partial charge in [0.15, 0.2) is 6.10 Å². The number of aliphatic carboxylic acids is 1. The molecule has 0 saturated carbocycles. The molecule has 25 heavy (non-hydrogen) atoms. The fraction of sp³-hybridized carbons (Fsp3) is 0.308. The van der Waals surface area contributed by atoms with Crippen LogP contribution >= 0.6 is 0 Å². The monoisotopic (exact) mass is 369 g/mol. The Bertz CT molecular complexity index is 667. The lowest BCUT2D eigenvalue weighted by molar-refractivity contribution is -0.360. The molecule has 0 spiro atoms. The van der Waals surface area contributed by atoms with E-state index in [1.54, 1.807) is 0 Å². The lowest BCUT2D eigenvalue weighted by Gasteiger charge is -2.24. The molecule has 0 aliphatic carbocycles. The molecule has 138 valence electrons. The maximum Gasteiger partial charge on any atom is 0.499 e. The molecule has 7 nitrogen and oxygen atoms in total. The molecule has 1 aromatic carbocycles. The van der Waals surface area contributed by atoms with Crippen molar-refractivity contribution in [1.29, 1.82) is 0 Å². The summed E-state index contributed by atoms with van der Waals surface area (Å²) in [5.41, 5.74) is 2.66. The average molecular weight is 369 g/mol. The molecule has 1 aromatic rings. The number of hydrogen-bond donors (Lipinski definition) is 2. The predicted molar refractivity (Wildman–Crippen MR) is 72.8 cm³/mol. The molecule has 1 atom stereocenters. The van der Waals surface area contributed by atoms with Crippen LogP contribution in [0.25, 0.3) is 0 Å². The summed E-state index contributed by atoms with van der Waals surface area (Å²) in [6, 6.07) is 4.46. The van der Waals surface area contributed by atoms with Crippen LogP contribution in [0.3, 0.4) is 0 Å². The highest BCUT2D eigenvalue weighted by Gasteiger charge is 2.61. The molecule has 1 heterocycles. The van der Waals surface area contributed by atoms with Gasteiger partial charge in [0.25, 0.3) is 0 Å². The molecule has 1 aliphatic heterocycles. The summed E-state index contributed by atoms with van der Waals surface area (Å²) in [7, 11) is 0. The van der Waals surface area contributed by atoms with Crippen LogP contribution in [0.15, 0.2) is 36.7 Å². The van der Waals surface area contributed by atoms with Gasteiger partial charge < -0.3 is 9.84 Å². The zero-order valence-corrected chi connectivity index (χ0v) is 12.5. The van der Waals surface area contributed by atoms with Gasteiger partial charge in [-0.1, -0.05) is 6.07 Å². The lowest BCUT2D eigenvalue weighted by Crippen LogP contribution is -2.42. The molecule has 0 saturated heterocycles. The summed E-state index contributed by atoms with van der Waals surface area (Å²) in [5.74, 6) is -1.94. The molecule has 0 fully saturated rings. The molecule has 0 amide bonds. The van der Waals surface area contributed by atoms with E-state index in [4.69, 9.17) is 9.94 Å². The van der Waals surface area contributed by atoms with Crippen molar-refractivity contribution in [2.24, 2.45) is 0 Å². The zero-order chi connectivity index (χ0) is 18.8. The third kappa shape index (κ3) is 4.48. The first kappa shape index (κ1) is 18.7. The van der Waals surface area contributed by atoms with E-state index >= 15 is 0 Å². The molecule has 2 rings (SSSR count). The number of anilines is 1. The van der Waals surface area contributed by atoms with Crippen molar-refractivity contribution in [3.63, 3.8) is 0 Å². The first-order valence-corrected chi connectivity index (χ1v) is 6.66. The largest absolute Gasteiger partial charge is 0.499 e. The van der Waals surface area contributed by atoms with Crippen LogP contribution in [0.1, 0.15) is 6.92 Å². The van der Waals surface area contributed by atoms with Crippen molar-refractivity contribution < 1.29 is 41.4 Å². The van der Waals surface area contributed by atoms with E-state index < -0.39 is 30.1 Å². The second kappa shape index (κ2) is 6.72. The van der Waals surface area contributed by atoms with Crippen LogP contribution in [0.5, 0.6) is 5.75 Å². The van der Waals surface area contributed by atoms with Gasteiger partial charge in [0.1, 0.15) is 5.75 Å². The second-order valence-corrected chi connectivity index (χ2v) is 4.79. The van der Waals surface area contributed by atoms with E-state index in [0.717, 1.165) is 17.3 Å². The van der Waals surface area contributed by atoms with Gasteiger partial charge in [0.2, 0.25) is 0 Å². The number of carboxylic acid groups (broad SMARTS) is 1. The quantitative estimate of drug-likeness (QED) is 0.747. The number of carboxylic acids is 1. The van der Waals surface area contributed by atoms with Gasteiger partial charge in [0.05, 0.1) is 11.9 Å². The van der Waals surface area contributed by atoms with E-state index in [0.29, 0.717) is 0 Å². The van der Waals surface area contributed by atoms with Crippen LogP contribution < -0.4 is 15.3 Å². The third-order valence-electron chi connectivity index (χ3n) is 2.85. The number of hydroxylamine groups is 1. The van der Waals surface area contributed by atoms with Gasteiger partial charge in [-0.2, -0.15) is 27.1 Å². The first-order valence-electron chi connectivity index (χ1n) is 6.66. The normalized spacial score (nSPS) is 16.2. The van der Waals surface area contributed by atoms with Crippen LogP contribution in [-0.2, 0) is 9.63 Å². The van der Waals surface area contributed by atoms with Gasteiger partial charge in [-0.15, -0.1) is 5.53 Å². The van der Waals surface area contributed by atoms with Gasteiger partial charge in [-0.05, 0) is 19.1 Å². The number of hydrazine groups is 2. The van der Waals surface area contributed by atoms with E-state index in [2.05, 4.69) is 10.3 Å². The Morgan fingerprint density at radius 2 is 1.92 bits per heavy atom. The standard InChI is InChI=1S/C13H12F5N3O4/c1-8(11(22)23)25-21-6-5-20(19-21)9-3-2-4-10(7-9)24-13(17,18)12(14,15)16/h2-8,19H,1H3,(H,22,23). The molecular formula is C13H12F5N3O4. The van der Waals surface area contributed by atoms with Crippen molar-refractivity contribution in [1.82, 2.24) is 10.7 Å². The minimum absolute atomic E-state index is 0.140. The number of rotatable bonds is 6. The molecule has 1 unspecified atom stereocenters. The summed E-state index contributed by atoms with van der Waals surface area (Å²) < 4.78 is 66.1. The van der Waals surface area contributed by atoms with Gasteiger partial charge in [0, 0.05) is 12.3 Å². The number of carbonyl (C=O) groups is 1. The lowest BCUT2D eigenvalue weighted by atomic mass is 10.3. The smallest absolute Gasteiger partial charge is 0.479 e. The Balaban J connectivity index is 2.05. The van der Waals surface area contributed by atoms with Crippen molar-refractivity contribution in [3.8, 4) is 5.75 Å². The van der Waals surface area contributed by atoms with Crippen LogP contribution in [0.4, 0.5) is 27.6 Å². The molecule has 1 aliphatic rings. The number of benzene rings is 1. The van der Waals surface area contributed by atoms with Crippen molar-refractivity contribution in [3.05, 3.63) is 36.7 Å². The summed E-state index contributed by atoms with van der Waals surface area (Å²) in [4.78, 5) is 15.7.